The maximum atomic E-state index is 12.8. The van der Waals surface area contributed by atoms with Gasteiger partial charge in [0.1, 0.15) is 17.8 Å². The van der Waals surface area contributed by atoms with E-state index in [9.17, 15) is 14.4 Å². The van der Waals surface area contributed by atoms with Crippen molar-refractivity contribution in [1.82, 2.24) is 15.1 Å². The smallest absolute Gasteiger partial charge is 0.257 e. The van der Waals surface area contributed by atoms with Crippen molar-refractivity contribution in [2.24, 2.45) is 5.92 Å². The number of hydrogen-bond donors (Lipinski definition) is 1. The molecule has 0 spiro atoms. The summed E-state index contributed by atoms with van der Waals surface area (Å²) in [5.74, 6) is 0.0766. The number of carbonyl (C=O) groups excluding carboxylic acids is 3. The van der Waals surface area contributed by atoms with Crippen LogP contribution in [-0.4, -0.2) is 66.3 Å². The lowest BCUT2D eigenvalue weighted by molar-refractivity contribution is -0.153. The highest BCUT2D eigenvalue weighted by Gasteiger charge is 2.45. The lowest BCUT2D eigenvalue weighted by atomic mass is 9.96. The average molecular weight is 345 g/mol. The van der Waals surface area contributed by atoms with Gasteiger partial charge in [0.15, 0.2) is 0 Å². The minimum absolute atomic E-state index is 0.0330. The summed E-state index contributed by atoms with van der Waals surface area (Å²) < 4.78 is 5.25. The van der Waals surface area contributed by atoms with E-state index in [1.165, 1.54) is 7.11 Å². The highest BCUT2D eigenvalue weighted by Crippen LogP contribution is 2.23. The molecular weight excluding hydrogens is 322 g/mol. The second-order valence-corrected chi connectivity index (χ2v) is 6.73. The van der Waals surface area contributed by atoms with E-state index in [0.29, 0.717) is 24.4 Å². The quantitative estimate of drug-likeness (QED) is 0.865. The third-order valence-corrected chi connectivity index (χ3v) is 4.82. The van der Waals surface area contributed by atoms with Crippen LogP contribution in [-0.2, 0) is 9.59 Å². The molecule has 0 aromatic heterocycles. The fourth-order valence-electron chi connectivity index (χ4n) is 3.39. The van der Waals surface area contributed by atoms with Gasteiger partial charge in [-0.2, -0.15) is 0 Å². The molecule has 1 aromatic rings. The summed E-state index contributed by atoms with van der Waals surface area (Å²) in [5.41, 5.74) is 0.459. The molecule has 0 aliphatic carbocycles. The molecule has 3 rings (SSSR count). The number of nitrogens with zero attached hydrogens (tertiary/aromatic N) is 2. The van der Waals surface area contributed by atoms with Gasteiger partial charge in [-0.15, -0.1) is 0 Å². The Morgan fingerprint density at radius 2 is 1.96 bits per heavy atom. The van der Waals surface area contributed by atoms with E-state index in [4.69, 9.17) is 4.74 Å². The summed E-state index contributed by atoms with van der Waals surface area (Å²) in [6.07, 6.45) is 0. The van der Waals surface area contributed by atoms with Crippen molar-refractivity contribution in [3.8, 4) is 5.75 Å². The number of fused-ring (bicyclic) bond motifs is 1. The monoisotopic (exact) mass is 345 g/mol. The zero-order valence-corrected chi connectivity index (χ0v) is 14.7. The standard InChI is InChI=1S/C18H23N3O4/c1-11(2)15-18(24)21-9-8-20(10-13(21)16(22)19-15)17(23)12-6-4-5-7-14(12)25-3/h4-7,11,13,15H,8-10H2,1-3H3,(H,19,22)/t13-,15-/m1/s1. The number of para-hydroxylation sites is 1. The minimum Gasteiger partial charge on any atom is -0.496 e. The van der Waals surface area contributed by atoms with E-state index < -0.39 is 12.1 Å². The normalized spacial score (nSPS) is 23.4. The molecule has 2 aliphatic heterocycles. The molecule has 2 heterocycles. The van der Waals surface area contributed by atoms with Crippen LogP contribution in [0.3, 0.4) is 0 Å². The summed E-state index contributed by atoms with van der Waals surface area (Å²) in [4.78, 5) is 41.1. The van der Waals surface area contributed by atoms with Crippen molar-refractivity contribution < 1.29 is 19.1 Å². The predicted molar refractivity (Wildman–Crippen MR) is 91.2 cm³/mol. The Morgan fingerprint density at radius 3 is 2.64 bits per heavy atom. The Balaban J connectivity index is 1.78. The van der Waals surface area contributed by atoms with Crippen LogP contribution in [0.25, 0.3) is 0 Å². The first-order valence-corrected chi connectivity index (χ1v) is 8.47. The maximum Gasteiger partial charge on any atom is 0.257 e. The topological polar surface area (TPSA) is 79.0 Å². The van der Waals surface area contributed by atoms with Crippen LogP contribution in [0.5, 0.6) is 5.75 Å². The van der Waals surface area contributed by atoms with Gasteiger partial charge in [0.2, 0.25) is 11.8 Å². The highest BCUT2D eigenvalue weighted by molar-refractivity contribution is 6.00. The number of ether oxygens (including phenoxy) is 1. The van der Waals surface area contributed by atoms with Crippen molar-refractivity contribution in [1.29, 1.82) is 0 Å². The van der Waals surface area contributed by atoms with Gasteiger partial charge >= 0.3 is 0 Å². The van der Waals surface area contributed by atoms with Gasteiger partial charge in [0.25, 0.3) is 5.91 Å². The summed E-state index contributed by atoms with van der Waals surface area (Å²) >= 11 is 0. The molecule has 2 atom stereocenters. The fourth-order valence-corrected chi connectivity index (χ4v) is 3.39. The average Bonchev–Trinajstić information content (AvgIpc) is 2.63. The maximum absolute atomic E-state index is 12.8. The molecule has 2 saturated heterocycles. The molecule has 0 unspecified atom stereocenters. The number of nitrogens with one attached hydrogen (secondary N) is 1. The third-order valence-electron chi connectivity index (χ3n) is 4.82. The first kappa shape index (κ1) is 17.3. The lowest BCUT2D eigenvalue weighted by Crippen LogP contribution is -2.70. The molecule has 2 fully saturated rings. The van der Waals surface area contributed by atoms with Gasteiger partial charge in [-0.25, -0.2) is 0 Å². The first-order valence-electron chi connectivity index (χ1n) is 8.47. The van der Waals surface area contributed by atoms with Crippen molar-refractivity contribution in [3.05, 3.63) is 29.8 Å². The SMILES string of the molecule is COc1ccccc1C(=O)N1CCN2C(=O)[C@@H](C(C)C)NC(=O)[C@H]2C1. The Morgan fingerprint density at radius 1 is 1.24 bits per heavy atom. The van der Waals surface area contributed by atoms with Crippen molar-refractivity contribution >= 4 is 17.7 Å². The number of benzene rings is 1. The molecule has 1 N–H and O–H groups in total. The Bertz CT molecular complexity index is 703. The summed E-state index contributed by atoms with van der Waals surface area (Å²) in [7, 11) is 1.52. The summed E-state index contributed by atoms with van der Waals surface area (Å²) in [6.45, 7) is 4.77. The second-order valence-electron chi connectivity index (χ2n) is 6.73. The Hall–Kier alpha value is -2.57. The van der Waals surface area contributed by atoms with Crippen LogP contribution in [0.2, 0.25) is 0 Å². The third kappa shape index (κ3) is 3.06. The molecule has 134 valence electrons. The molecule has 0 bridgehead atoms. The molecule has 25 heavy (non-hydrogen) atoms. The summed E-state index contributed by atoms with van der Waals surface area (Å²) in [5, 5.41) is 2.79. The molecule has 7 heteroatoms. The minimum atomic E-state index is -0.630. The fraction of sp³-hybridized carbons (Fsp3) is 0.500. The molecular formula is C18H23N3O4. The number of rotatable bonds is 3. The molecule has 1 aromatic carbocycles. The molecule has 7 nitrogen and oxygen atoms in total. The molecule has 3 amide bonds. The van der Waals surface area contributed by atoms with Gasteiger partial charge in [-0.05, 0) is 18.1 Å². The number of amides is 3. The van der Waals surface area contributed by atoms with E-state index in [2.05, 4.69) is 5.32 Å². The van der Waals surface area contributed by atoms with E-state index in [-0.39, 0.29) is 30.2 Å². The van der Waals surface area contributed by atoms with E-state index in [1.54, 1.807) is 34.1 Å². The predicted octanol–water partition coefficient (Wildman–Crippen LogP) is 0.503. The summed E-state index contributed by atoms with van der Waals surface area (Å²) in [6, 6.07) is 5.89. The lowest BCUT2D eigenvalue weighted by Gasteiger charge is -2.46. The van der Waals surface area contributed by atoms with Crippen LogP contribution < -0.4 is 10.1 Å². The largest absolute Gasteiger partial charge is 0.496 e. The van der Waals surface area contributed by atoms with Gasteiger partial charge in [0.05, 0.1) is 19.2 Å². The van der Waals surface area contributed by atoms with E-state index >= 15 is 0 Å². The van der Waals surface area contributed by atoms with Crippen molar-refractivity contribution in [2.75, 3.05) is 26.7 Å². The number of piperazine rings is 2. The van der Waals surface area contributed by atoms with Crippen LogP contribution in [0.15, 0.2) is 24.3 Å². The van der Waals surface area contributed by atoms with Crippen LogP contribution in [0, 0.1) is 5.92 Å². The van der Waals surface area contributed by atoms with Crippen molar-refractivity contribution in [3.63, 3.8) is 0 Å². The Kier molecular flexibility index (Phi) is 4.65. The van der Waals surface area contributed by atoms with Crippen molar-refractivity contribution in [2.45, 2.75) is 25.9 Å². The number of hydrogen-bond acceptors (Lipinski definition) is 4. The molecule has 2 aliphatic rings. The highest BCUT2D eigenvalue weighted by atomic mass is 16.5. The van der Waals surface area contributed by atoms with Crippen LogP contribution >= 0.6 is 0 Å². The van der Waals surface area contributed by atoms with E-state index in [0.717, 1.165) is 0 Å². The van der Waals surface area contributed by atoms with Crippen LogP contribution in [0.4, 0.5) is 0 Å². The first-order chi connectivity index (χ1) is 11.9. The Labute approximate surface area is 146 Å². The zero-order valence-electron chi connectivity index (χ0n) is 14.7. The zero-order chi connectivity index (χ0) is 18.1. The van der Waals surface area contributed by atoms with Crippen LogP contribution in [0.1, 0.15) is 24.2 Å². The van der Waals surface area contributed by atoms with Gasteiger partial charge < -0.3 is 19.9 Å². The molecule has 0 saturated carbocycles. The van der Waals surface area contributed by atoms with Gasteiger partial charge in [0, 0.05) is 13.1 Å². The van der Waals surface area contributed by atoms with Gasteiger partial charge in [-0.3, -0.25) is 14.4 Å². The van der Waals surface area contributed by atoms with E-state index in [1.807, 2.05) is 13.8 Å². The second kappa shape index (κ2) is 6.74. The molecule has 0 radical (unpaired) electrons. The number of methoxy groups -OCH3 is 1. The number of carbonyl (C=O) groups is 3. The van der Waals surface area contributed by atoms with Gasteiger partial charge in [-0.1, -0.05) is 26.0 Å².